The summed E-state index contributed by atoms with van der Waals surface area (Å²) >= 11 is 0. The van der Waals surface area contributed by atoms with Crippen molar-refractivity contribution >= 4 is 10.0 Å². The highest BCUT2D eigenvalue weighted by Gasteiger charge is 2.26. The summed E-state index contributed by atoms with van der Waals surface area (Å²) in [5.41, 5.74) is 6.34. The Kier molecular flexibility index (Phi) is 4.44. The van der Waals surface area contributed by atoms with Crippen LogP contribution in [0.4, 0.5) is 0 Å². The van der Waals surface area contributed by atoms with Crippen molar-refractivity contribution in [3.05, 3.63) is 23.8 Å². The van der Waals surface area contributed by atoms with E-state index < -0.39 is 10.0 Å². The molecular weight excluding hydrogens is 264 g/mol. The summed E-state index contributed by atoms with van der Waals surface area (Å²) in [7, 11) is -1.85. The van der Waals surface area contributed by atoms with Gasteiger partial charge in [-0.25, -0.2) is 8.42 Å². The third-order valence-corrected chi connectivity index (χ3v) is 5.32. The van der Waals surface area contributed by atoms with Gasteiger partial charge in [0, 0.05) is 25.2 Å². The molecule has 5 nitrogen and oxygen atoms in total. The van der Waals surface area contributed by atoms with E-state index in [-0.39, 0.29) is 6.54 Å². The van der Waals surface area contributed by atoms with Gasteiger partial charge in [-0.05, 0) is 31.0 Å². The maximum Gasteiger partial charge on any atom is 0.243 e. The normalized spacial score (nSPS) is 17.4. The molecule has 19 heavy (non-hydrogen) atoms. The van der Waals surface area contributed by atoms with E-state index in [1.807, 2.05) is 0 Å². The van der Waals surface area contributed by atoms with Crippen molar-refractivity contribution in [2.24, 2.45) is 5.73 Å². The molecule has 0 aromatic heterocycles. The fourth-order valence-corrected chi connectivity index (χ4v) is 3.90. The number of methoxy groups -OCH3 is 1. The van der Waals surface area contributed by atoms with E-state index in [4.69, 9.17) is 10.5 Å². The molecule has 106 valence electrons. The standard InChI is InChI=1S/C13H20N2O3S/c1-18-13-6-5-12(9-11(13)10-14)19(16,17)15-7-3-2-4-8-15/h5-6,9H,2-4,7-8,10,14H2,1H3. The lowest BCUT2D eigenvalue weighted by molar-refractivity contribution is 0.346. The zero-order valence-electron chi connectivity index (χ0n) is 11.1. The SMILES string of the molecule is COc1ccc(S(=O)(=O)N2CCCCC2)cc1CN. The van der Waals surface area contributed by atoms with Crippen molar-refractivity contribution in [3.63, 3.8) is 0 Å². The lowest BCUT2D eigenvalue weighted by atomic mass is 10.2. The minimum atomic E-state index is -3.40. The van der Waals surface area contributed by atoms with Gasteiger partial charge in [-0.2, -0.15) is 4.31 Å². The molecule has 1 aromatic rings. The molecule has 0 spiro atoms. The smallest absolute Gasteiger partial charge is 0.243 e. The zero-order valence-corrected chi connectivity index (χ0v) is 11.9. The average molecular weight is 284 g/mol. The van der Waals surface area contributed by atoms with Gasteiger partial charge >= 0.3 is 0 Å². The van der Waals surface area contributed by atoms with E-state index in [9.17, 15) is 8.42 Å². The maximum atomic E-state index is 12.5. The van der Waals surface area contributed by atoms with Crippen LogP contribution in [0.3, 0.4) is 0 Å². The molecule has 6 heteroatoms. The molecule has 0 amide bonds. The molecule has 1 saturated heterocycles. The predicted molar refractivity (Wildman–Crippen MR) is 73.5 cm³/mol. The Balaban J connectivity index is 2.34. The highest BCUT2D eigenvalue weighted by Crippen LogP contribution is 2.25. The summed E-state index contributed by atoms with van der Waals surface area (Å²) in [5, 5.41) is 0. The van der Waals surface area contributed by atoms with Crippen molar-refractivity contribution in [2.45, 2.75) is 30.7 Å². The summed E-state index contributed by atoms with van der Waals surface area (Å²) in [6, 6.07) is 4.86. The predicted octanol–water partition coefficient (Wildman–Crippen LogP) is 1.33. The number of nitrogens with two attached hydrogens (primary N) is 1. The summed E-state index contributed by atoms with van der Waals surface area (Å²) in [6.07, 6.45) is 2.96. The van der Waals surface area contributed by atoms with E-state index >= 15 is 0 Å². The van der Waals surface area contributed by atoms with Gasteiger partial charge in [0.05, 0.1) is 12.0 Å². The van der Waals surface area contributed by atoms with Gasteiger partial charge in [-0.15, -0.1) is 0 Å². The minimum absolute atomic E-state index is 0.256. The summed E-state index contributed by atoms with van der Waals surface area (Å²) in [6.45, 7) is 1.46. The van der Waals surface area contributed by atoms with Crippen LogP contribution in [0.15, 0.2) is 23.1 Å². The second-order valence-corrected chi connectivity index (χ2v) is 6.58. The molecule has 1 aromatic carbocycles. The molecule has 1 aliphatic heterocycles. The number of hydrogen-bond acceptors (Lipinski definition) is 4. The number of ether oxygens (including phenoxy) is 1. The van der Waals surface area contributed by atoms with Crippen molar-refractivity contribution in [3.8, 4) is 5.75 Å². The van der Waals surface area contributed by atoms with Gasteiger partial charge in [0.15, 0.2) is 0 Å². The molecule has 2 rings (SSSR count). The van der Waals surface area contributed by atoms with Gasteiger partial charge in [-0.3, -0.25) is 0 Å². The number of rotatable bonds is 4. The zero-order chi connectivity index (χ0) is 13.9. The summed E-state index contributed by atoms with van der Waals surface area (Å²) in [5.74, 6) is 0.625. The molecule has 1 aliphatic rings. The second-order valence-electron chi connectivity index (χ2n) is 4.64. The Morgan fingerprint density at radius 1 is 1.26 bits per heavy atom. The fraction of sp³-hybridized carbons (Fsp3) is 0.538. The quantitative estimate of drug-likeness (QED) is 0.905. The highest BCUT2D eigenvalue weighted by atomic mass is 32.2. The first-order chi connectivity index (χ1) is 9.09. The average Bonchev–Trinajstić information content (AvgIpc) is 2.47. The summed E-state index contributed by atoms with van der Waals surface area (Å²) < 4.78 is 31.7. The lowest BCUT2D eigenvalue weighted by Gasteiger charge is -2.26. The van der Waals surface area contributed by atoms with Gasteiger partial charge in [-0.1, -0.05) is 6.42 Å². The van der Waals surface area contributed by atoms with Crippen molar-refractivity contribution in [2.75, 3.05) is 20.2 Å². The number of sulfonamides is 1. The maximum absolute atomic E-state index is 12.5. The van der Waals surface area contributed by atoms with Gasteiger partial charge in [0.2, 0.25) is 10.0 Å². The molecule has 2 N–H and O–H groups in total. The summed E-state index contributed by atoms with van der Waals surface area (Å²) in [4.78, 5) is 0.302. The number of benzene rings is 1. The van der Waals surface area contributed by atoms with Crippen LogP contribution in [0.5, 0.6) is 5.75 Å². The highest BCUT2D eigenvalue weighted by molar-refractivity contribution is 7.89. The molecule has 1 fully saturated rings. The molecule has 0 aliphatic carbocycles. The van der Waals surface area contributed by atoms with Crippen LogP contribution >= 0.6 is 0 Å². The molecule has 0 saturated carbocycles. The van der Waals surface area contributed by atoms with Crippen molar-refractivity contribution < 1.29 is 13.2 Å². The molecule has 0 atom stereocenters. The van der Waals surface area contributed by atoms with Crippen LogP contribution in [-0.4, -0.2) is 32.9 Å². The fourth-order valence-electron chi connectivity index (χ4n) is 2.33. The van der Waals surface area contributed by atoms with Gasteiger partial charge in [0.25, 0.3) is 0 Å². The largest absolute Gasteiger partial charge is 0.496 e. The van der Waals surface area contributed by atoms with Gasteiger partial charge in [0.1, 0.15) is 5.75 Å². The first-order valence-corrected chi connectivity index (χ1v) is 7.90. The molecule has 1 heterocycles. The van der Waals surface area contributed by atoms with Crippen LogP contribution in [0.25, 0.3) is 0 Å². The topological polar surface area (TPSA) is 72.6 Å². The first kappa shape index (κ1) is 14.3. The van der Waals surface area contributed by atoms with E-state index in [1.54, 1.807) is 29.6 Å². The third-order valence-electron chi connectivity index (χ3n) is 3.42. The van der Waals surface area contributed by atoms with E-state index in [1.165, 1.54) is 0 Å². The Morgan fingerprint density at radius 2 is 1.95 bits per heavy atom. The van der Waals surface area contributed by atoms with Crippen LogP contribution in [-0.2, 0) is 16.6 Å². The molecule has 0 unspecified atom stereocenters. The molecule has 0 bridgehead atoms. The Morgan fingerprint density at radius 3 is 2.53 bits per heavy atom. The second kappa shape index (κ2) is 5.90. The van der Waals surface area contributed by atoms with Crippen LogP contribution in [0.2, 0.25) is 0 Å². The third kappa shape index (κ3) is 2.91. The number of piperidine rings is 1. The van der Waals surface area contributed by atoms with E-state index in [2.05, 4.69) is 0 Å². The van der Waals surface area contributed by atoms with Crippen molar-refractivity contribution in [1.82, 2.24) is 4.31 Å². The van der Waals surface area contributed by atoms with Crippen molar-refractivity contribution in [1.29, 1.82) is 0 Å². The van der Waals surface area contributed by atoms with E-state index in [0.29, 0.717) is 29.3 Å². The van der Waals surface area contributed by atoms with Crippen LogP contribution in [0, 0.1) is 0 Å². The van der Waals surface area contributed by atoms with Crippen LogP contribution in [0.1, 0.15) is 24.8 Å². The Labute approximate surface area is 114 Å². The lowest BCUT2D eigenvalue weighted by Crippen LogP contribution is -2.35. The minimum Gasteiger partial charge on any atom is -0.496 e. The van der Waals surface area contributed by atoms with E-state index in [0.717, 1.165) is 19.3 Å². The Bertz CT molecular complexity index is 537. The number of nitrogens with zero attached hydrogens (tertiary/aromatic N) is 1. The van der Waals surface area contributed by atoms with Gasteiger partial charge < -0.3 is 10.5 Å². The number of hydrogen-bond donors (Lipinski definition) is 1. The monoisotopic (exact) mass is 284 g/mol. The van der Waals surface area contributed by atoms with Crippen LogP contribution < -0.4 is 10.5 Å². The molecular formula is C13H20N2O3S. The first-order valence-electron chi connectivity index (χ1n) is 6.46. The Hall–Kier alpha value is -1.11. The molecule has 0 radical (unpaired) electrons.